The first-order valence-electron chi connectivity index (χ1n) is 6.95. The molecule has 4 aromatic heterocycles. The molecule has 0 fully saturated rings. The van der Waals surface area contributed by atoms with Crippen LogP contribution in [0, 0.1) is 6.92 Å². The summed E-state index contributed by atoms with van der Waals surface area (Å²) in [5.74, 6) is 0. The van der Waals surface area contributed by atoms with Crippen LogP contribution in [0.5, 0.6) is 0 Å². The Bertz CT molecular complexity index is 1050. The van der Waals surface area contributed by atoms with Gasteiger partial charge in [0.25, 0.3) is 5.56 Å². The van der Waals surface area contributed by atoms with Crippen LogP contribution in [0.15, 0.2) is 54.0 Å². The lowest BCUT2D eigenvalue weighted by atomic mass is 10.3. The van der Waals surface area contributed by atoms with E-state index in [-0.39, 0.29) is 5.56 Å². The van der Waals surface area contributed by atoms with Crippen molar-refractivity contribution in [2.75, 3.05) is 0 Å². The average molecular weight is 291 g/mol. The number of hydrogen-bond acceptors (Lipinski definition) is 4. The van der Waals surface area contributed by atoms with Crippen molar-refractivity contribution in [3.8, 4) is 0 Å². The summed E-state index contributed by atoms with van der Waals surface area (Å²) in [7, 11) is 0. The Balaban J connectivity index is 1.81. The van der Waals surface area contributed by atoms with Gasteiger partial charge in [-0.25, -0.2) is 9.97 Å². The third-order valence-corrected chi connectivity index (χ3v) is 3.71. The van der Waals surface area contributed by atoms with Crippen LogP contribution in [0.3, 0.4) is 0 Å². The van der Waals surface area contributed by atoms with Gasteiger partial charge in [0.1, 0.15) is 5.65 Å². The van der Waals surface area contributed by atoms with Gasteiger partial charge in [-0.15, -0.1) is 0 Å². The maximum Gasteiger partial charge on any atom is 0.261 e. The first kappa shape index (κ1) is 12.7. The molecule has 0 aromatic carbocycles. The molecular weight excluding hydrogens is 278 g/mol. The molecule has 4 aromatic rings. The van der Waals surface area contributed by atoms with E-state index in [2.05, 4.69) is 15.0 Å². The molecule has 6 heteroatoms. The van der Waals surface area contributed by atoms with Crippen molar-refractivity contribution in [2.24, 2.45) is 0 Å². The van der Waals surface area contributed by atoms with E-state index in [1.54, 1.807) is 29.4 Å². The predicted molar refractivity (Wildman–Crippen MR) is 82.8 cm³/mol. The molecule has 0 saturated heterocycles. The quantitative estimate of drug-likeness (QED) is 0.565. The second kappa shape index (κ2) is 4.77. The molecule has 0 bridgehead atoms. The van der Waals surface area contributed by atoms with Crippen LogP contribution >= 0.6 is 0 Å². The van der Waals surface area contributed by atoms with Crippen LogP contribution in [0.2, 0.25) is 0 Å². The summed E-state index contributed by atoms with van der Waals surface area (Å²) in [6.07, 6.45) is 6.69. The molecule has 0 spiro atoms. The topological polar surface area (TPSA) is 65.1 Å². The summed E-state index contributed by atoms with van der Waals surface area (Å²) in [6, 6.07) is 7.63. The molecule has 0 aliphatic carbocycles. The molecule has 0 aliphatic heterocycles. The Labute approximate surface area is 125 Å². The van der Waals surface area contributed by atoms with Gasteiger partial charge in [-0.3, -0.25) is 14.3 Å². The third kappa shape index (κ3) is 1.96. The number of aromatic nitrogens is 5. The van der Waals surface area contributed by atoms with Crippen LogP contribution in [0.4, 0.5) is 0 Å². The zero-order chi connectivity index (χ0) is 15.1. The first-order chi connectivity index (χ1) is 10.7. The molecule has 108 valence electrons. The lowest BCUT2D eigenvalue weighted by molar-refractivity contribution is 0.734. The molecule has 0 amide bonds. The predicted octanol–water partition coefficient (Wildman–Crippen LogP) is 1.80. The number of hydrogen-bond donors (Lipinski definition) is 0. The van der Waals surface area contributed by atoms with Crippen LogP contribution in [-0.2, 0) is 6.54 Å². The molecule has 0 radical (unpaired) electrons. The van der Waals surface area contributed by atoms with Crippen LogP contribution in [-0.4, -0.2) is 23.9 Å². The normalized spacial score (nSPS) is 11.3. The summed E-state index contributed by atoms with van der Waals surface area (Å²) in [5.41, 5.74) is 3.33. The highest BCUT2D eigenvalue weighted by atomic mass is 16.1. The second-order valence-electron chi connectivity index (χ2n) is 5.20. The van der Waals surface area contributed by atoms with Gasteiger partial charge in [-0.2, -0.15) is 0 Å². The van der Waals surface area contributed by atoms with Crippen LogP contribution < -0.4 is 5.56 Å². The standard InChI is InChI=1S/C16H13N5O/c1-11-3-2-4-15-19-12(9-21(11)15)8-20-10-18-14-7-17-6-5-13(14)16(20)22/h2-7,9-10H,8H2,1H3. The van der Waals surface area contributed by atoms with Crippen LogP contribution in [0.25, 0.3) is 16.6 Å². The summed E-state index contributed by atoms with van der Waals surface area (Å²) >= 11 is 0. The van der Waals surface area contributed by atoms with Gasteiger partial charge in [0.2, 0.25) is 0 Å². The van der Waals surface area contributed by atoms with Crippen molar-refractivity contribution in [3.63, 3.8) is 0 Å². The summed E-state index contributed by atoms with van der Waals surface area (Å²) in [6.45, 7) is 2.42. The number of aryl methyl sites for hydroxylation is 1. The Morgan fingerprint density at radius 2 is 2.14 bits per heavy atom. The van der Waals surface area contributed by atoms with Gasteiger partial charge in [0.05, 0.1) is 35.7 Å². The largest absolute Gasteiger partial charge is 0.304 e. The van der Waals surface area contributed by atoms with E-state index in [1.807, 2.05) is 35.7 Å². The molecular formula is C16H13N5O. The van der Waals surface area contributed by atoms with E-state index in [0.29, 0.717) is 17.4 Å². The van der Waals surface area contributed by atoms with Crippen molar-refractivity contribution < 1.29 is 0 Å². The fourth-order valence-corrected chi connectivity index (χ4v) is 2.57. The van der Waals surface area contributed by atoms with E-state index in [9.17, 15) is 4.79 Å². The van der Waals surface area contributed by atoms with E-state index in [4.69, 9.17) is 0 Å². The monoisotopic (exact) mass is 291 g/mol. The number of imidazole rings is 1. The van der Waals surface area contributed by atoms with E-state index in [1.165, 1.54) is 0 Å². The average Bonchev–Trinajstić information content (AvgIpc) is 2.95. The minimum atomic E-state index is -0.0822. The zero-order valence-corrected chi connectivity index (χ0v) is 12.0. The highest BCUT2D eigenvalue weighted by molar-refractivity contribution is 5.75. The first-order valence-corrected chi connectivity index (χ1v) is 6.95. The number of pyridine rings is 2. The van der Waals surface area contributed by atoms with Crippen molar-refractivity contribution in [1.82, 2.24) is 23.9 Å². The smallest absolute Gasteiger partial charge is 0.261 e. The highest BCUT2D eigenvalue weighted by Crippen LogP contribution is 2.10. The van der Waals surface area contributed by atoms with Crippen LogP contribution in [0.1, 0.15) is 11.4 Å². The van der Waals surface area contributed by atoms with Gasteiger partial charge >= 0.3 is 0 Å². The molecule has 0 N–H and O–H groups in total. The molecule has 0 saturated carbocycles. The molecule has 0 atom stereocenters. The Morgan fingerprint density at radius 3 is 3.00 bits per heavy atom. The summed E-state index contributed by atoms with van der Waals surface area (Å²) in [5, 5.41) is 0.567. The fourth-order valence-electron chi connectivity index (χ4n) is 2.57. The maximum absolute atomic E-state index is 12.5. The maximum atomic E-state index is 12.5. The van der Waals surface area contributed by atoms with E-state index in [0.717, 1.165) is 17.0 Å². The lowest BCUT2D eigenvalue weighted by Gasteiger charge is -2.03. The zero-order valence-electron chi connectivity index (χ0n) is 12.0. The highest BCUT2D eigenvalue weighted by Gasteiger charge is 2.07. The molecule has 4 rings (SSSR count). The van der Waals surface area contributed by atoms with Gasteiger partial charge in [0.15, 0.2) is 0 Å². The Kier molecular flexibility index (Phi) is 2.75. The molecule has 22 heavy (non-hydrogen) atoms. The van der Waals surface area contributed by atoms with Crippen molar-refractivity contribution in [2.45, 2.75) is 13.5 Å². The van der Waals surface area contributed by atoms with Gasteiger partial charge in [0, 0.05) is 18.1 Å². The van der Waals surface area contributed by atoms with Gasteiger partial charge < -0.3 is 4.40 Å². The number of rotatable bonds is 2. The van der Waals surface area contributed by atoms with E-state index >= 15 is 0 Å². The minimum absolute atomic E-state index is 0.0822. The Morgan fingerprint density at radius 1 is 1.23 bits per heavy atom. The van der Waals surface area contributed by atoms with E-state index < -0.39 is 0 Å². The molecule has 0 aliphatic rings. The fraction of sp³-hybridized carbons (Fsp3) is 0.125. The third-order valence-electron chi connectivity index (χ3n) is 3.71. The molecule has 6 nitrogen and oxygen atoms in total. The minimum Gasteiger partial charge on any atom is -0.304 e. The second-order valence-corrected chi connectivity index (χ2v) is 5.20. The van der Waals surface area contributed by atoms with Gasteiger partial charge in [-0.05, 0) is 25.1 Å². The molecule has 4 heterocycles. The number of fused-ring (bicyclic) bond motifs is 2. The number of nitrogens with zero attached hydrogens (tertiary/aromatic N) is 5. The van der Waals surface area contributed by atoms with Crippen molar-refractivity contribution >= 4 is 16.6 Å². The summed E-state index contributed by atoms with van der Waals surface area (Å²) in [4.78, 5) is 25.3. The van der Waals surface area contributed by atoms with Crippen molar-refractivity contribution in [3.05, 3.63) is 70.9 Å². The van der Waals surface area contributed by atoms with Gasteiger partial charge in [-0.1, -0.05) is 6.07 Å². The SMILES string of the molecule is Cc1cccc2nc(Cn3cnc4cnccc4c3=O)cn12. The molecule has 0 unspecified atom stereocenters. The summed E-state index contributed by atoms with van der Waals surface area (Å²) < 4.78 is 3.58. The Hall–Kier alpha value is -3.02. The van der Waals surface area contributed by atoms with Crippen molar-refractivity contribution in [1.29, 1.82) is 0 Å². The lowest BCUT2D eigenvalue weighted by Crippen LogP contribution is -2.21.